The molecule has 102 valence electrons. The van der Waals surface area contributed by atoms with Crippen molar-refractivity contribution in [2.45, 2.75) is 32.0 Å². The van der Waals surface area contributed by atoms with Gasteiger partial charge in [0, 0.05) is 24.7 Å². The highest BCUT2D eigenvalue weighted by atomic mass is 79.9. The molecule has 0 aromatic heterocycles. The fourth-order valence-electron chi connectivity index (χ4n) is 1.98. The van der Waals surface area contributed by atoms with E-state index in [0.29, 0.717) is 6.54 Å². The van der Waals surface area contributed by atoms with E-state index >= 15 is 0 Å². The highest BCUT2D eigenvalue weighted by molar-refractivity contribution is 9.10. The van der Waals surface area contributed by atoms with E-state index in [1.807, 2.05) is 12.1 Å². The summed E-state index contributed by atoms with van der Waals surface area (Å²) in [5, 5.41) is 0. The van der Waals surface area contributed by atoms with Gasteiger partial charge in [-0.1, -0.05) is 28.1 Å². The number of halogens is 1. The molecule has 3 nitrogen and oxygen atoms in total. The fraction of sp³-hybridized carbons (Fsp3) is 0.571. The van der Waals surface area contributed by atoms with Crippen molar-refractivity contribution in [2.75, 3.05) is 20.7 Å². The lowest BCUT2D eigenvalue weighted by Crippen LogP contribution is -2.57. The van der Waals surface area contributed by atoms with E-state index in [2.05, 4.69) is 53.9 Å². The van der Waals surface area contributed by atoms with Gasteiger partial charge in [-0.2, -0.15) is 0 Å². The van der Waals surface area contributed by atoms with Crippen LogP contribution in [0, 0.1) is 0 Å². The number of nitrogens with two attached hydrogens (primary N) is 1. The van der Waals surface area contributed by atoms with Crippen molar-refractivity contribution in [3.05, 3.63) is 34.3 Å². The normalized spacial score (nSPS) is 16.6. The molecule has 4 heteroatoms. The standard InChI is InChI=1S/C14H23BrN2O/c1-11(18-4)14(2,10-16)17(3)9-12-6-5-7-13(15)8-12/h5-8,11H,9-10,16H2,1-4H3. The zero-order chi connectivity index (χ0) is 13.8. The molecule has 0 bridgehead atoms. The lowest BCUT2D eigenvalue weighted by molar-refractivity contribution is -0.0230. The number of likely N-dealkylation sites (N-methyl/N-ethyl adjacent to an activating group) is 1. The highest BCUT2D eigenvalue weighted by Gasteiger charge is 2.34. The van der Waals surface area contributed by atoms with Crippen molar-refractivity contribution in [3.8, 4) is 0 Å². The number of rotatable bonds is 6. The summed E-state index contributed by atoms with van der Waals surface area (Å²) in [7, 11) is 3.81. The number of nitrogens with zero attached hydrogens (tertiary/aromatic N) is 1. The molecule has 1 aromatic carbocycles. The summed E-state index contributed by atoms with van der Waals surface area (Å²) in [6.45, 7) is 5.61. The minimum Gasteiger partial charge on any atom is -0.380 e. The molecule has 0 amide bonds. The molecule has 2 unspecified atom stereocenters. The number of benzene rings is 1. The van der Waals surface area contributed by atoms with Crippen LogP contribution in [-0.4, -0.2) is 37.2 Å². The van der Waals surface area contributed by atoms with Crippen molar-refractivity contribution in [1.82, 2.24) is 4.90 Å². The summed E-state index contributed by atoms with van der Waals surface area (Å²) in [4.78, 5) is 2.25. The van der Waals surface area contributed by atoms with Crippen molar-refractivity contribution < 1.29 is 4.74 Å². The molecule has 2 atom stereocenters. The van der Waals surface area contributed by atoms with Gasteiger partial charge in [0.2, 0.25) is 0 Å². The van der Waals surface area contributed by atoms with Gasteiger partial charge in [-0.25, -0.2) is 0 Å². The van der Waals surface area contributed by atoms with E-state index in [0.717, 1.165) is 11.0 Å². The second kappa shape index (κ2) is 6.66. The van der Waals surface area contributed by atoms with Crippen LogP contribution >= 0.6 is 15.9 Å². The van der Waals surface area contributed by atoms with Gasteiger partial charge in [-0.15, -0.1) is 0 Å². The Morgan fingerprint density at radius 1 is 1.50 bits per heavy atom. The molecule has 0 aliphatic carbocycles. The summed E-state index contributed by atoms with van der Waals surface area (Å²) < 4.78 is 6.56. The Morgan fingerprint density at radius 2 is 2.17 bits per heavy atom. The monoisotopic (exact) mass is 314 g/mol. The molecular formula is C14H23BrN2O. The third-order valence-electron chi connectivity index (χ3n) is 3.82. The van der Waals surface area contributed by atoms with Crippen LogP contribution in [0.25, 0.3) is 0 Å². The average Bonchev–Trinajstić information content (AvgIpc) is 2.36. The van der Waals surface area contributed by atoms with Crippen molar-refractivity contribution >= 4 is 15.9 Å². The lowest BCUT2D eigenvalue weighted by atomic mass is 9.93. The van der Waals surface area contributed by atoms with Gasteiger partial charge in [-0.3, -0.25) is 4.90 Å². The first-order chi connectivity index (χ1) is 8.43. The third kappa shape index (κ3) is 3.54. The summed E-state index contributed by atoms with van der Waals surface area (Å²) in [6.07, 6.45) is 0.0830. The molecule has 2 N–H and O–H groups in total. The van der Waals surface area contributed by atoms with E-state index in [-0.39, 0.29) is 11.6 Å². The molecule has 0 saturated heterocycles. The third-order valence-corrected chi connectivity index (χ3v) is 4.32. The predicted molar refractivity (Wildman–Crippen MR) is 79.5 cm³/mol. The van der Waals surface area contributed by atoms with Crippen LogP contribution in [0.3, 0.4) is 0 Å². The maximum absolute atomic E-state index is 5.94. The molecule has 0 saturated carbocycles. The van der Waals surface area contributed by atoms with Gasteiger partial charge in [0.25, 0.3) is 0 Å². The summed E-state index contributed by atoms with van der Waals surface area (Å²) in [5.74, 6) is 0. The molecule has 0 spiro atoms. The smallest absolute Gasteiger partial charge is 0.0736 e. The second-order valence-corrected chi connectivity index (χ2v) is 5.84. The first-order valence-electron chi connectivity index (χ1n) is 6.12. The molecule has 18 heavy (non-hydrogen) atoms. The fourth-order valence-corrected chi connectivity index (χ4v) is 2.42. The largest absolute Gasteiger partial charge is 0.380 e. The molecular weight excluding hydrogens is 292 g/mol. The summed E-state index contributed by atoms with van der Waals surface area (Å²) in [6, 6.07) is 8.33. The van der Waals surface area contributed by atoms with Crippen molar-refractivity contribution in [2.24, 2.45) is 5.73 Å². The van der Waals surface area contributed by atoms with Crippen LogP contribution in [0.5, 0.6) is 0 Å². The maximum atomic E-state index is 5.94. The highest BCUT2D eigenvalue weighted by Crippen LogP contribution is 2.22. The molecule has 0 radical (unpaired) electrons. The zero-order valence-electron chi connectivity index (χ0n) is 11.6. The number of hydrogen-bond acceptors (Lipinski definition) is 3. The Morgan fingerprint density at radius 3 is 2.67 bits per heavy atom. The summed E-state index contributed by atoms with van der Waals surface area (Å²) >= 11 is 3.49. The topological polar surface area (TPSA) is 38.5 Å². The first-order valence-corrected chi connectivity index (χ1v) is 6.92. The second-order valence-electron chi connectivity index (χ2n) is 4.93. The van der Waals surface area contributed by atoms with Gasteiger partial charge in [-0.05, 0) is 38.6 Å². The summed E-state index contributed by atoms with van der Waals surface area (Å²) in [5.41, 5.74) is 7.03. The van der Waals surface area contributed by atoms with Crippen LogP contribution in [0.1, 0.15) is 19.4 Å². The number of methoxy groups -OCH3 is 1. The SMILES string of the molecule is COC(C)C(C)(CN)N(C)Cc1cccc(Br)c1. The van der Waals surface area contributed by atoms with Gasteiger partial charge < -0.3 is 10.5 Å². The quantitative estimate of drug-likeness (QED) is 0.877. The van der Waals surface area contributed by atoms with E-state index in [9.17, 15) is 0 Å². The average molecular weight is 315 g/mol. The minimum absolute atomic E-state index is 0.0830. The van der Waals surface area contributed by atoms with Gasteiger partial charge in [0.15, 0.2) is 0 Å². The maximum Gasteiger partial charge on any atom is 0.0736 e. The van der Waals surface area contributed by atoms with Crippen molar-refractivity contribution in [3.63, 3.8) is 0 Å². The van der Waals surface area contributed by atoms with E-state index < -0.39 is 0 Å². The van der Waals surface area contributed by atoms with Crippen LogP contribution in [0.15, 0.2) is 28.7 Å². The Labute approximate surface area is 118 Å². The molecule has 1 aromatic rings. The molecule has 0 fully saturated rings. The van der Waals surface area contributed by atoms with Crippen LogP contribution in [0.4, 0.5) is 0 Å². The van der Waals surface area contributed by atoms with Crippen molar-refractivity contribution in [1.29, 1.82) is 0 Å². The zero-order valence-corrected chi connectivity index (χ0v) is 13.2. The molecule has 0 aliphatic heterocycles. The van der Waals surface area contributed by atoms with Crippen LogP contribution in [-0.2, 0) is 11.3 Å². The number of ether oxygens (including phenoxy) is 1. The van der Waals surface area contributed by atoms with Crippen LogP contribution < -0.4 is 5.73 Å². The van der Waals surface area contributed by atoms with Gasteiger partial charge >= 0.3 is 0 Å². The number of hydrogen-bond donors (Lipinski definition) is 1. The molecule has 0 aliphatic rings. The van der Waals surface area contributed by atoms with Gasteiger partial charge in [0.05, 0.1) is 11.6 Å². The van der Waals surface area contributed by atoms with E-state index in [4.69, 9.17) is 10.5 Å². The van der Waals surface area contributed by atoms with Gasteiger partial charge in [0.1, 0.15) is 0 Å². The minimum atomic E-state index is -0.170. The Kier molecular flexibility index (Phi) is 5.79. The van der Waals surface area contributed by atoms with E-state index in [1.165, 1.54) is 5.56 Å². The van der Waals surface area contributed by atoms with E-state index in [1.54, 1.807) is 7.11 Å². The lowest BCUT2D eigenvalue weighted by Gasteiger charge is -2.42. The Bertz CT molecular complexity index is 386. The molecule has 0 heterocycles. The van der Waals surface area contributed by atoms with Crippen LogP contribution in [0.2, 0.25) is 0 Å². The molecule has 1 rings (SSSR count). The first kappa shape index (κ1) is 15.6. The Hall–Kier alpha value is -0.420. The predicted octanol–water partition coefficient (Wildman–Crippen LogP) is 2.63. The Balaban J connectivity index is 2.82.